The topological polar surface area (TPSA) is 87.2 Å². The number of imidazole rings is 1. The van der Waals surface area contributed by atoms with Crippen LogP contribution in [0, 0.1) is 0 Å². The second-order valence-electron chi connectivity index (χ2n) is 8.51. The molecule has 13 heteroatoms. The average molecular weight is 548 g/mol. The summed E-state index contributed by atoms with van der Waals surface area (Å²) in [6, 6.07) is 5.55. The van der Waals surface area contributed by atoms with Crippen LogP contribution in [0.4, 0.5) is 9.52 Å². The van der Waals surface area contributed by atoms with Crippen molar-refractivity contribution in [2.24, 2.45) is 0 Å². The highest BCUT2D eigenvalue weighted by Crippen LogP contribution is 2.38. The number of ether oxygens (including phenoxy) is 3. The average Bonchev–Trinajstić information content (AvgIpc) is 3.64. The van der Waals surface area contributed by atoms with Crippen molar-refractivity contribution < 1.29 is 23.0 Å². The Kier molecular flexibility index (Phi) is 5.97. The van der Waals surface area contributed by atoms with Gasteiger partial charge in [-0.15, -0.1) is 16.4 Å². The van der Waals surface area contributed by atoms with E-state index in [0.29, 0.717) is 64.6 Å². The summed E-state index contributed by atoms with van der Waals surface area (Å²) >= 11 is 2.90. The molecule has 1 aromatic carbocycles. The summed E-state index contributed by atoms with van der Waals surface area (Å²) in [5.74, 6) is 1.84. The number of rotatable bonds is 7. The lowest BCUT2D eigenvalue weighted by Crippen LogP contribution is -2.38. The molecule has 1 unspecified atom stereocenters. The van der Waals surface area contributed by atoms with Gasteiger partial charge in [-0.2, -0.15) is 0 Å². The highest BCUT2D eigenvalue weighted by Gasteiger charge is 2.30. The molecule has 36 heavy (non-hydrogen) atoms. The summed E-state index contributed by atoms with van der Waals surface area (Å²) in [4.78, 5) is 12.2. The van der Waals surface area contributed by atoms with E-state index in [1.165, 1.54) is 11.3 Å². The second kappa shape index (κ2) is 9.17. The maximum atomic E-state index is 14.1. The van der Waals surface area contributed by atoms with Gasteiger partial charge in [0.15, 0.2) is 10.9 Å². The molecule has 1 fully saturated rings. The fraction of sp³-hybridized carbons (Fsp3) is 0.348. The van der Waals surface area contributed by atoms with E-state index >= 15 is 0 Å². The van der Waals surface area contributed by atoms with Crippen LogP contribution in [0.25, 0.3) is 27.4 Å². The lowest BCUT2D eigenvalue weighted by Gasteiger charge is -2.33. The van der Waals surface area contributed by atoms with E-state index in [9.17, 15) is 4.39 Å². The van der Waals surface area contributed by atoms with Crippen molar-refractivity contribution in [3.8, 4) is 28.1 Å². The molecule has 1 atom stereocenters. The third kappa shape index (κ3) is 4.49. The fourth-order valence-electron chi connectivity index (χ4n) is 4.06. The Morgan fingerprint density at radius 3 is 2.75 bits per heavy atom. The van der Waals surface area contributed by atoms with Gasteiger partial charge in [0.05, 0.1) is 31.5 Å². The van der Waals surface area contributed by atoms with Crippen LogP contribution in [0.2, 0.25) is 0 Å². The zero-order valence-electron chi connectivity index (χ0n) is 19.6. The number of aromatic nitrogens is 4. The zero-order chi connectivity index (χ0) is 24.9. The second-order valence-corrected chi connectivity index (χ2v) is 11.3. The van der Waals surface area contributed by atoms with Crippen LogP contribution in [0.3, 0.4) is 0 Å². The monoisotopic (exact) mass is 547 g/mol. The Hall–Kier alpha value is -2.95. The Morgan fingerprint density at radius 1 is 1.17 bits per heavy atom. The molecule has 0 aliphatic carbocycles. The van der Waals surface area contributed by atoms with Gasteiger partial charge in [-0.3, -0.25) is 0 Å². The molecule has 6 rings (SSSR count). The van der Waals surface area contributed by atoms with Crippen LogP contribution < -0.4 is 19.1 Å². The summed E-state index contributed by atoms with van der Waals surface area (Å²) < 4.78 is 38.7. The van der Waals surface area contributed by atoms with E-state index in [1.807, 2.05) is 23.6 Å². The van der Waals surface area contributed by atoms with E-state index < -0.39 is 5.41 Å². The number of fused-ring (bicyclic) bond motifs is 2. The van der Waals surface area contributed by atoms with Crippen molar-refractivity contribution in [1.82, 2.24) is 19.6 Å². The molecule has 5 heterocycles. The van der Waals surface area contributed by atoms with Crippen LogP contribution in [0.1, 0.15) is 18.5 Å². The van der Waals surface area contributed by atoms with E-state index in [4.69, 9.17) is 23.6 Å². The van der Waals surface area contributed by atoms with Crippen LogP contribution >= 0.6 is 31.9 Å². The number of nitrogens with zero attached hydrogens (tertiary/aromatic N) is 5. The van der Waals surface area contributed by atoms with Crippen molar-refractivity contribution in [2.45, 2.75) is 24.9 Å². The number of hydrogen-bond donors (Lipinski definition) is 0. The Balaban J connectivity index is 1.23. The fourth-order valence-corrected chi connectivity index (χ4v) is 5.88. The van der Waals surface area contributed by atoms with Crippen molar-refractivity contribution in [3.63, 3.8) is 0 Å². The van der Waals surface area contributed by atoms with Crippen molar-refractivity contribution in [1.29, 1.82) is 0 Å². The molecule has 1 saturated heterocycles. The van der Waals surface area contributed by atoms with E-state index in [-0.39, 0.29) is 6.61 Å². The molecule has 0 spiro atoms. The molecule has 1 aliphatic rings. The lowest BCUT2D eigenvalue weighted by atomic mass is 10.1. The molecule has 0 saturated carbocycles. The number of benzene rings is 1. The Bertz CT molecular complexity index is 1500. The van der Waals surface area contributed by atoms with E-state index in [2.05, 4.69) is 24.2 Å². The lowest BCUT2D eigenvalue weighted by molar-refractivity contribution is 0.235. The van der Waals surface area contributed by atoms with Gasteiger partial charge in [0.2, 0.25) is 4.96 Å². The summed E-state index contributed by atoms with van der Waals surface area (Å²) in [5.41, 5.74) is 2.10. The molecular formula is C23H23FN5O4PS2. The van der Waals surface area contributed by atoms with Crippen LogP contribution in [-0.2, 0) is 6.61 Å². The summed E-state index contributed by atoms with van der Waals surface area (Å²) in [7, 11) is 5.51. The smallest absolute Gasteiger partial charge is 0.294 e. The van der Waals surface area contributed by atoms with Crippen LogP contribution in [-0.4, -0.2) is 52.3 Å². The van der Waals surface area contributed by atoms with E-state index in [1.54, 1.807) is 36.3 Å². The maximum absolute atomic E-state index is 14.1. The highest BCUT2D eigenvalue weighted by molar-refractivity contribution is 7.18. The predicted octanol–water partition coefficient (Wildman–Crippen LogP) is 5.40. The summed E-state index contributed by atoms with van der Waals surface area (Å²) in [5, 5.41) is 7.36. The number of alkyl halides is 1. The third-order valence-corrected chi connectivity index (χ3v) is 8.45. The molecule has 0 amide bonds. The minimum Gasteiger partial charge on any atom is -0.496 e. The molecule has 0 N–H and O–H groups in total. The van der Waals surface area contributed by atoms with Gasteiger partial charge < -0.3 is 23.5 Å². The minimum atomic E-state index is -1.17. The van der Waals surface area contributed by atoms with Gasteiger partial charge in [-0.25, -0.2) is 18.9 Å². The van der Waals surface area contributed by atoms with Crippen molar-refractivity contribution in [3.05, 3.63) is 35.5 Å². The van der Waals surface area contributed by atoms with E-state index in [0.717, 1.165) is 16.2 Å². The van der Waals surface area contributed by atoms with Gasteiger partial charge in [-0.1, -0.05) is 9.24 Å². The molecule has 9 nitrogen and oxygen atoms in total. The molecule has 1 aliphatic heterocycles. The summed E-state index contributed by atoms with van der Waals surface area (Å²) in [6.07, 6.45) is 2.75. The number of halogens is 1. The Morgan fingerprint density at radius 2 is 2.00 bits per heavy atom. The zero-order valence-corrected chi connectivity index (χ0v) is 22.4. The first-order valence-corrected chi connectivity index (χ1v) is 13.5. The number of piperidine rings is 1. The third-order valence-electron chi connectivity index (χ3n) is 6.04. The number of furan rings is 1. The molecular weight excluding hydrogens is 524 g/mol. The number of anilines is 1. The molecule has 0 bridgehead atoms. The Labute approximate surface area is 216 Å². The van der Waals surface area contributed by atoms with Gasteiger partial charge in [-0.05, 0) is 17.4 Å². The first-order valence-electron chi connectivity index (χ1n) is 11.2. The summed E-state index contributed by atoms with van der Waals surface area (Å²) in [6.45, 7) is 1.58. The van der Waals surface area contributed by atoms with Crippen molar-refractivity contribution in [2.75, 3.05) is 32.2 Å². The number of thiazole rings is 1. The maximum Gasteiger partial charge on any atom is 0.294 e. The van der Waals surface area contributed by atoms with Gasteiger partial charge >= 0.3 is 0 Å². The van der Waals surface area contributed by atoms with Gasteiger partial charge in [0.25, 0.3) is 5.19 Å². The first kappa shape index (κ1) is 23.4. The number of hydrogen-bond acceptors (Lipinski definition) is 10. The quantitative estimate of drug-likeness (QED) is 0.251. The largest absolute Gasteiger partial charge is 0.496 e. The molecule has 5 aromatic rings. The van der Waals surface area contributed by atoms with Gasteiger partial charge in [0.1, 0.15) is 34.8 Å². The van der Waals surface area contributed by atoms with Crippen LogP contribution in [0.15, 0.2) is 34.2 Å². The minimum absolute atomic E-state index is 0.285. The first-order chi connectivity index (χ1) is 17.4. The predicted molar refractivity (Wildman–Crippen MR) is 141 cm³/mol. The molecule has 188 valence electrons. The standard InChI is InChI=1S/C23H23FN5O4PS2/c1-30-14-7-17(32-11-13-12-35-20(25-13)28-5-3-23(24,34)4-6-28)15-9-19(33-18(15)8-14)16-10-29-21(26-16)36-22(27-29)31-2/h7-10,12H,3-6,11,34H2,1-2H3. The molecule has 4 aromatic heterocycles. The van der Waals surface area contributed by atoms with Crippen LogP contribution in [0.5, 0.6) is 16.7 Å². The normalized spacial score (nSPS) is 15.6. The van der Waals surface area contributed by atoms with Crippen molar-refractivity contribution >= 4 is 53.0 Å². The number of methoxy groups -OCH3 is 2. The highest BCUT2D eigenvalue weighted by atomic mass is 32.1. The SMILES string of the molecule is COc1cc(OCc2csc(N3CCC(F)(P)CC3)n2)c2cc(-c3cn4nc(OC)sc4n3)oc2c1. The van der Waals surface area contributed by atoms with Gasteiger partial charge in [0, 0.05) is 43.4 Å². The molecule has 0 radical (unpaired) electrons.